The highest BCUT2D eigenvalue weighted by Gasteiger charge is 2.50. The molecule has 2 aromatic heterocycles. The smallest absolute Gasteiger partial charge is 0.235 e. The number of amides is 1. The van der Waals surface area contributed by atoms with Gasteiger partial charge in [-0.15, -0.1) is 10.2 Å². The maximum Gasteiger partial charge on any atom is 0.235 e. The van der Waals surface area contributed by atoms with Gasteiger partial charge in [-0.2, -0.15) is 5.10 Å². The van der Waals surface area contributed by atoms with Crippen molar-refractivity contribution in [1.29, 1.82) is 0 Å². The van der Waals surface area contributed by atoms with E-state index in [-0.39, 0.29) is 11.8 Å². The van der Waals surface area contributed by atoms with Crippen molar-refractivity contribution in [3.8, 4) is 11.1 Å². The lowest BCUT2D eigenvalue weighted by atomic mass is 9.82. The van der Waals surface area contributed by atoms with E-state index in [0.717, 1.165) is 63.5 Å². The molecule has 2 aliphatic carbocycles. The summed E-state index contributed by atoms with van der Waals surface area (Å²) in [4.78, 5) is 14.6. The highest BCUT2D eigenvalue weighted by Crippen LogP contribution is 2.55. The molecule has 4 aromatic rings. The first-order valence-corrected chi connectivity index (χ1v) is 24.7. The Morgan fingerprint density at radius 1 is 0.827 bits per heavy atom. The second-order valence-corrected chi connectivity index (χ2v) is 25.8. The minimum Gasteiger partial charge on any atom is -0.360 e. The molecule has 1 amide bonds. The molecule has 1 atom stereocenters. The van der Waals surface area contributed by atoms with Crippen LogP contribution in [0.2, 0.25) is 0 Å². The van der Waals surface area contributed by atoms with Crippen molar-refractivity contribution in [1.82, 2.24) is 24.5 Å². The number of carbonyl (C=O) groups excluding carboxylic acids is 1. The van der Waals surface area contributed by atoms with Gasteiger partial charge in [-0.1, -0.05) is 42.5 Å². The van der Waals surface area contributed by atoms with Gasteiger partial charge in [0, 0.05) is 34.9 Å². The van der Waals surface area contributed by atoms with Crippen LogP contribution in [0.1, 0.15) is 60.2 Å². The molecule has 6 rings (SSSR count). The monoisotopic (exact) mass is 748 g/mol. The van der Waals surface area contributed by atoms with Crippen molar-refractivity contribution in [3.63, 3.8) is 0 Å². The molecule has 52 heavy (non-hydrogen) atoms. The van der Waals surface area contributed by atoms with E-state index in [1.54, 1.807) is 0 Å². The molecule has 2 fully saturated rings. The molecule has 9 nitrogen and oxygen atoms in total. The van der Waals surface area contributed by atoms with Crippen LogP contribution >= 0.6 is 20.1 Å². The van der Waals surface area contributed by atoms with Crippen LogP contribution in [0.4, 0.5) is 5.69 Å². The van der Waals surface area contributed by atoms with Gasteiger partial charge in [0.25, 0.3) is 0 Å². The Hall–Kier alpha value is -3.12. The highest BCUT2D eigenvalue weighted by molar-refractivity contribution is 8.32. The fraction of sp³-hybridized carbons (Fsp3) is 0.561. The molecule has 1 unspecified atom stereocenters. The van der Waals surface area contributed by atoms with Crippen molar-refractivity contribution < 1.29 is 14.3 Å². The Kier molecular flexibility index (Phi) is 12.2. The van der Waals surface area contributed by atoms with Gasteiger partial charge in [0.1, 0.15) is 31.0 Å². The zero-order chi connectivity index (χ0) is 37.0. The number of hydrogen-bond donors (Lipinski definition) is 1. The fourth-order valence-corrected chi connectivity index (χ4v) is 8.33. The predicted molar refractivity (Wildman–Crippen MR) is 219 cm³/mol. The summed E-state index contributed by atoms with van der Waals surface area (Å²) in [7, 11) is -1.29. The minimum absolute atomic E-state index is 0.00924. The van der Waals surface area contributed by atoms with Crippen LogP contribution in [0, 0.1) is 31.6 Å². The van der Waals surface area contributed by atoms with Gasteiger partial charge in [-0.3, -0.25) is 9.36 Å². The van der Waals surface area contributed by atoms with Crippen molar-refractivity contribution >= 4 is 31.7 Å². The molecule has 11 heteroatoms. The van der Waals surface area contributed by atoms with E-state index in [9.17, 15) is 4.79 Å². The zero-order valence-electron chi connectivity index (χ0n) is 32.6. The lowest BCUT2D eigenvalue weighted by Crippen LogP contribution is -2.33. The number of aryl methyl sites for hydroxylation is 1. The normalized spacial score (nSPS) is 16.3. The van der Waals surface area contributed by atoms with Gasteiger partial charge >= 0.3 is 0 Å². The number of rotatable bonds is 19. The third-order valence-corrected chi connectivity index (χ3v) is 13.1. The summed E-state index contributed by atoms with van der Waals surface area (Å²) in [5.74, 6) is 4.58. The average Bonchev–Trinajstić information content (AvgIpc) is 4.03. The van der Waals surface area contributed by atoms with Crippen LogP contribution < -0.4 is 5.32 Å². The van der Waals surface area contributed by atoms with E-state index in [1.807, 2.05) is 29.8 Å². The quantitative estimate of drug-likeness (QED) is 0.0983. The SMILES string of the molecule is Cc1nn(COCCS(C)(C)C)c(C)c1-c1ccc(NC(=O)C(c2nnc(Cc3ccccc3)n2COCCS(C)(C)C)C(C2CC2)C2CC2)cc1. The maximum atomic E-state index is 14.6. The van der Waals surface area contributed by atoms with Crippen LogP contribution in [0.25, 0.3) is 11.1 Å². The lowest BCUT2D eigenvalue weighted by Gasteiger charge is -2.27. The Morgan fingerprint density at radius 2 is 1.42 bits per heavy atom. The molecular weight excluding hydrogens is 689 g/mol. The van der Waals surface area contributed by atoms with Crippen molar-refractivity contribution in [2.75, 3.05) is 67.6 Å². The molecule has 0 radical (unpaired) electrons. The minimum atomic E-state index is -0.691. The molecule has 0 spiro atoms. The van der Waals surface area contributed by atoms with Crippen LogP contribution in [-0.4, -0.2) is 92.7 Å². The van der Waals surface area contributed by atoms with Crippen LogP contribution in [0.3, 0.4) is 0 Å². The number of carbonyl (C=O) groups is 1. The molecule has 2 aromatic carbocycles. The fourth-order valence-electron chi connectivity index (χ4n) is 7.09. The Balaban J connectivity index is 1.23. The molecule has 0 saturated heterocycles. The number of benzene rings is 2. The molecule has 0 aliphatic heterocycles. The number of nitrogens with one attached hydrogen (secondary N) is 1. The van der Waals surface area contributed by atoms with Gasteiger partial charge in [0.05, 0.1) is 18.9 Å². The number of hydrogen-bond acceptors (Lipinski definition) is 6. The van der Waals surface area contributed by atoms with Gasteiger partial charge in [-0.25, -0.2) is 24.7 Å². The standard InChI is InChI=1S/C41H60N6O3S2/c1-29-37(30(2)47(45-29)28-50-23-25-52(6,7)8)32-18-20-35(21-19-32)42-41(48)39(38(33-14-15-33)34-16-17-34)40-44-43-36(26-31-12-10-9-11-13-31)46(40)27-49-22-24-51(3,4)5/h9-13,18-21,33-34,38-39H,14-17,22-28H2,1-8H3,(H,42,48). The first-order chi connectivity index (χ1) is 24.8. The molecule has 2 saturated carbocycles. The van der Waals surface area contributed by atoms with E-state index < -0.39 is 26.0 Å². The number of nitrogens with zero attached hydrogens (tertiary/aromatic N) is 5. The van der Waals surface area contributed by atoms with E-state index >= 15 is 0 Å². The third-order valence-electron chi connectivity index (χ3n) is 10.3. The van der Waals surface area contributed by atoms with Crippen LogP contribution in [0.15, 0.2) is 54.6 Å². The first kappa shape index (κ1) is 38.6. The third kappa shape index (κ3) is 10.3. The summed E-state index contributed by atoms with van der Waals surface area (Å²) in [6.45, 7) is 6.34. The summed E-state index contributed by atoms with van der Waals surface area (Å²) in [6.07, 6.45) is 19.2. The van der Waals surface area contributed by atoms with E-state index in [4.69, 9.17) is 24.8 Å². The van der Waals surface area contributed by atoms with E-state index in [1.165, 1.54) is 25.7 Å². The van der Waals surface area contributed by atoms with Crippen molar-refractivity contribution in [2.24, 2.45) is 17.8 Å². The van der Waals surface area contributed by atoms with Gasteiger partial charge in [0.2, 0.25) is 5.91 Å². The largest absolute Gasteiger partial charge is 0.360 e. The maximum absolute atomic E-state index is 14.6. The predicted octanol–water partition coefficient (Wildman–Crippen LogP) is 7.84. The van der Waals surface area contributed by atoms with Crippen molar-refractivity contribution in [3.05, 3.63) is 83.2 Å². The Morgan fingerprint density at radius 3 is 2.00 bits per heavy atom. The summed E-state index contributed by atoms with van der Waals surface area (Å²) >= 11 is 0. The Labute approximate surface area is 314 Å². The number of aromatic nitrogens is 5. The topological polar surface area (TPSA) is 96.1 Å². The summed E-state index contributed by atoms with van der Waals surface area (Å²) in [5, 5.41) is 17.7. The second kappa shape index (κ2) is 16.5. The summed E-state index contributed by atoms with van der Waals surface area (Å²) < 4.78 is 16.4. The van der Waals surface area contributed by atoms with E-state index in [0.29, 0.717) is 38.3 Å². The number of ether oxygens (including phenoxy) is 2. The number of anilines is 1. The van der Waals surface area contributed by atoms with Gasteiger partial charge in [0.15, 0.2) is 0 Å². The summed E-state index contributed by atoms with van der Waals surface area (Å²) in [6, 6.07) is 18.6. The molecule has 2 heterocycles. The Bertz CT molecular complexity index is 1770. The average molecular weight is 749 g/mol. The molecule has 0 bridgehead atoms. The van der Waals surface area contributed by atoms with Crippen molar-refractivity contribution in [2.45, 2.75) is 65.3 Å². The van der Waals surface area contributed by atoms with Gasteiger partial charge < -0.3 is 14.8 Å². The van der Waals surface area contributed by atoms with Crippen LogP contribution in [-0.2, 0) is 34.2 Å². The second-order valence-electron chi connectivity index (χ2n) is 16.6. The molecule has 1 N–H and O–H groups in total. The van der Waals surface area contributed by atoms with Gasteiger partial charge in [-0.05, 0) is 118 Å². The highest BCUT2D eigenvalue weighted by atomic mass is 32.3. The summed E-state index contributed by atoms with van der Waals surface area (Å²) in [5.41, 5.74) is 6.16. The molecule has 284 valence electrons. The van der Waals surface area contributed by atoms with E-state index in [2.05, 4.69) is 90.7 Å². The molecule has 2 aliphatic rings. The lowest BCUT2D eigenvalue weighted by molar-refractivity contribution is -0.119. The molecular formula is C41H60N6O3S2. The first-order valence-electron chi connectivity index (χ1n) is 18.7. The van der Waals surface area contributed by atoms with Crippen LogP contribution in [0.5, 0.6) is 0 Å². The zero-order valence-corrected chi connectivity index (χ0v) is 34.2.